The summed E-state index contributed by atoms with van der Waals surface area (Å²) >= 11 is 1.61. The first-order valence-corrected chi connectivity index (χ1v) is 5.74. The molecule has 0 aliphatic rings. The topological polar surface area (TPSA) is 40.5 Å². The molecule has 80 valence electrons. The zero-order valence-electron chi connectivity index (χ0n) is 8.39. The minimum atomic E-state index is -0.436. The van der Waals surface area contributed by atoms with E-state index >= 15 is 0 Å². The van der Waals surface area contributed by atoms with E-state index in [0.29, 0.717) is 12.2 Å². The molecule has 0 aromatic heterocycles. The average molecular weight is 222 g/mol. The molecule has 0 unspecified atom stereocenters. The van der Waals surface area contributed by atoms with Crippen LogP contribution >= 0.6 is 11.8 Å². The number of aliphatic hydroxyl groups excluding tert-OH is 2. The highest BCUT2D eigenvalue weighted by atomic mass is 32.2. The molecule has 1 rings (SSSR count). The smallest absolute Gasteiger partial charge is 0.104 e. The Kier molecular flexibility index (Phi) is 5.94. The SMILES string of the molecule is OCC#CC[C@H](O)CSc1ccccc1. The third-order valence-corrected chi connectivity index (χ3v) is 2.88. The second-order valence-electron chi connectivity index (χ2n) is 2.99. The molecule has 0 spiro atoms. The molecule has 0 fully saturated rings. The number of hydrogen-bond acceptors (Lipinski definition) is 3. The first-order valence-electron chi connectivity index (χ1n) is 4.75. The first kappa shape index (κ1) is 12.1. The fourth-order valence-electron chi connectivity index (χ4n) is 1.01. The Morgan fingerprint density at radius 1 is 1.20 bits per heavy atom. The summed E-state index contributed by atoms with van der Waals surface area (Å²) in [5.41, 5.74) is 0. The molecule has 2 N–H and O–H groups in total. The van der Waals surface area contributed by atoms with Crippen molar-refractivity contribution in [3.63, 3.8) is 0 Å². The summed E-state index contributed by atoms with van der Waals surface area (Å²) in [6.07, 6.45) is -0.0188. The molecule has 1 aromatic carbocycles. The average Bonchev–Trinajstić information content (AvgIpc) is 2.28. The zero-order valence-corrected chi connectivity index (χ0v) is 9.20. The molecule has 1 atom stereocenters. The van der Waals surface area contributed by atoms with Crippen molar-refractivity contribution in [1.82, 2.24) is 0 Å². The van der Waals surface area contributed by atoms with E-state index < -0.39 is 6.10 Å². The van der Waals surface area contributed by atoms with Crippen molar-refractivity contribution in [3.05, 3.63) is 30.3 Å². The summed E-state index contributed by atoms with van der Waals surface area (Å²) in [6.45, 7) is -0.140. The number of thioether (sulfide) groups is 1. The van der Waals surface area contributed by atoms with E-state index in [0.717, 1.165) is 4.90 Å². The maximum absolute atomic E-state index is 9.53. The van der Waals surface area contributed by atoms with E-state index in [9.17, 15) is 5.11 Å². The van der Waals surface area contributed by atoms with Crippen molar-refractivity contribution in [2.45, 2.75) is 17.4 Å². The number of aliphatic hydroxyl groups is 2. The van der Waals surface area contributed by atoms with Crippen LogP contribution in [0, 0.1) is 11.8 Å². The predicted molar refractivity (Wildman–Crippen MR) is 62.7 cm³/mol. The molecule has 0 radical (unpaired) electrons. The molecule has 0 saturated carbocycles. The minimum Gasteiger partial charge on any atom is -0.391 e. The van der Waals surface area contributed by atoms with Crippen molar-refractivity contribution < 1.29 is 10.2 Å². The lowest BCUT2D eigenvalue weighted by Crippen LogP contribution is -2.08. The lowest BCUT2D eigenvalue weighted by Gasteiger charge is -2.05. The van der Waals surface area contributed by atoms with E-state index in [1.807, 2.05) is 30.3 Å². The van der Waals surface area contributed by atoms with Gasteiger partial charge in [0.15, 0.2) is 0 Å². The number of benzene rings is 1. The number of hydrogen-bond donors (Lipinski definition) is 2. The summed E-state index contributed by atoms with van der Waals surface area (Å²) in [6, 6.07) is 9.93. The summed E-state index contributed by atoms with van der Waals surface area (Å²) in [5, 5.41) is 18.0. The molecule has 0 heterocycles. The Labute approximate surface area is 94.3 Å². The van der Waals surface area contributed by atoms with Crippen LogP contribution in [0.1, 0.15) is 6.42 Å². The van der Waals surface area contributed by atoms with Gasteiger partial charge in [0, 0.05) is 17.1 Å². The Balaban J connectivity index is 2.25. The molecule has 15 heavy (non-hydrogen) atoms. The van der Waals surface area contributed by atoms with Gasteiger partial charge in [0.05, 0.1) is 6.10 Å². The largest absolute Gasteiger partial charge is 0.391 e. The third-order valence-electron chi connectivity index (χ3n) is 1.73. The monoisotopic (exact) mass is 222 g/mol. The Morgan fingerprint density at radius 2 is 1.93 bits per heavy atom. The van der Waals surface area contributed by atoms with Gasteiger partial charge in [-0.05, 0) is 12.1 Å². The normalized spacial score (nSPS) is 11.6. The molecule has 0 bridgehead atoms. The van der Waals surface area contributed by atoms with Gasteiger partial charge in [0.25, 0.3) is 0 Å². The minimum absolute atomic E-state index is 0.140. The first-order chi connectivity index (χ1) is 7.33. The van der Waals surface area contributed by atoms with Gasteiger partial charge in [0.1, 0.15) is 6.61 Å². The Bertz CT molecular complexity index is 326. The van der Waals surface area contributed by atoms with Crippen LogP contribution in [0.3, 0.4) is 0 Å². The maximum atomic E-state index is 9.53. The molecular formula is C12H14O2S. The van der Waals surface area contributed by atoms with Crippen LogP contribution in [0.25, 0.3) is 0 Å². The molecule has 0 amide bonds. The van der Waals surface area contributed by atoms with Gasteiger partial charge in [-0.3, -0.25) is 0 Å². The maximum Gasteiger partial charge on any atom is 0.104 e. The van der Waals surface area contributed by atoms with Crippen molar-refractivity contribution in [1.29, 1.82) is 0 Å². The van der Waals surface area contributed by atoms with Gasteiger partial charge >= 0.3 is 0 Å². The van der Waals surface area contributed by atoms with E-state index in [1.54, 1.807) is 11.8 Å². The van der Waals surface area contributed by atoms with E-state index in [1.165, 1.54) is 0 Å². The van der Waals surface area contributed by atoms with Gasteiger partial charge < -0.3 is 10.2 Å². The van der Waals surface area contributed by atoms with E-state index in [2.05, 4.69) is 11.8 Å². The van der Waals surface area contributed by atoms with Gasteiger partial charge in [-0.2, -0.15) is 0 Å². The van der Waals surface area contributed by atoms with Gasteiger partial charge in [-0.15, -0.1) is 11.8 Å². The van der Waals surface area contributed by atoms with Crippen LogP contribution in [-0.4, -0.2) is 28.7 Å². The molecule has 2 nitrogen and oxygen atoms in total. The summed E-state index contributed by atoms with van der Waals surface area (Å²) in [4.78, 5) is 1.15. The van der Waals surface area contributed by atoms with Crippen LogP contribution in [0.5, 0.6) is 0 Å². The Hall–Kier alpha value is -0.950. The molecule has 0 aliphatic carbocycles. The van der Waals surface area contributed by atoms with Crippen LogP contribution in [0.15, 0.2) is 35.2 Å². The van der Waals surface area contributed by atoms with E-state index in [-0.39, 0.29) is 6.61 Å². The van der Waals surface area contributed by atoms with Gasteiger partial charge in [-0.1, -0.05) is 30.0 Å². The van der Waals surface area contributed by atoms with Crippen LogP contribution in [0.4, 0.5) is 0 Å². The number of rotatable bonds is 4. The van der Waals surface area contributed by atoms with Gasteiger partial charge in [-0.25, -0.2) is 0 Å². The second-order valence-corrected chi connectivity index (χ2v) is 4.09. The lowest BCUT2D eigenvalue weighted by atomic mass is 10.3. The van der Waals surface area contributed by atoms with E-state index in [4.69, 9.17) is 5.11 Å². The highest BCUT2D eigenvalue weighted by Gasteiger charge is 2.02. The zero-order chi connectivity index (χ0) is 10.9. The molecule has 3 heteroatoms. The Morgan fingerprint density at radius 3 is 2.60 bits per heavy atom. The summed E-state index contributed by atoms with van der Waals surface area (Å²) in [7, 11) is 0. The highest BCUT2D eigenvalue weighted by molar-refractivity contribution is 7.99. The predicted octanol–water partition coefficient (Wildman–Crippen LogP) is 1.53. The molecular weight excluding hydrogens is 208 g/mol. The van der Waals surface area contributed by atoms with Gasteiger partial charge in [0.2, 0.25) is 0 Å². The van der Waals surface area contributed by atoms with Crippen molar-refractivity contribution >= 4 is 11.8 Å². The standard InChI is InChI=1S/C12H14O2S/c13-9-5-4-6-11(14)10-15-12-7-2-1-3-8-12/h1-3,7-8,11,13-14H,6,9-10H2/t11-/m0/s1. The third kappa shape index (κ3) is 5.48. The van der Waals surface area contributed by atoms with Crippen LogP contribution in [0.2, 0.25) is 0 Å². The fraction of sp³-hybridized carbons (Fsp3) is 0.333. The molecule has 1 aromatic rings. The summed E-state index contributed by atoms with van der Waals surface area (Å²) < 4.78 is 0. The van der Waals surface area contributed by atoms with Crippen molar-refractivity contribution in [2.75, 3.05) is 12.4 Å². The fourth-order valence-corrected chi connectivity index (χ4v) is 1.87. The molecule has 0 saturated heterocycles. The van der Waals surface area contributed by atoms with Crippen LogP contribution in [-0.2, 0) is 0 Å². The quantitative estimate of drug-likeness (QED) is 0.599. The van der Waals surface area contributed by atoms with Crippen molar-refractivity contribution in [3.8, 4) is 11.8 Å². The van der Waals surface area contributed by atoms with Crippen molar-refractivity contribution in [2.24, 2.45) is 0 Å². The second kappa shape index (κ2) is 7.36. The van der Waals surface area contributed by atoms with Crippen LogP contribution < -0.4 is 0 Å². The molecule has 0 aliphatic heterocycles. The lowest BCUT2D eigenvalue weighted by molar-refractivity contribution is 0.205. The summed E-state index contributed by atoms with van der Waals surface area (Å²) in [5.74, 6) is 5.85. The highest BCUT2D eigenvalue weighted by Crippen LogP contribution is 2.18.